The van der Waals surface area contributed by atoms with Crippen LogP contribution in [0.3, 0.4) is 0 Å². The van der Waals surface area contributed by atoms with Crippen LogP contribution in [0.1, 0.15) is 46.5 Å². The van der Waals surface area contributed by atoms with Crippen LogP contribution in [0.15, 0.2) is 0 Å². The molecule has 2 fully saturated rings. The minimum absolute atomic E-state index is 0.330. The highest BCUT2D eigenvalue weighted by Crippen LogP contribution is 2.33. The van der Waals surface area contributed by atoms with Crippen molar-refractivity contribution in [3.05, 3.63) is 0 Å². The first-order valence-corrected chi connectivity index (χ1v) is 7.51. The van der Waals surface area contributed by atoms with Crippen molar-refractivity contribution in [2.45, 2.75) is 58.6 Å². The Labute approximate surface area is 116 Å². The third kappa shape index (κ3) is 3.29. The van der Waals surface area contributed by atoms with E-state index in [0.717, 1.165) is 38.8 Å². The van der Waals surface area contributed by atoms with Gasteiger partial charge in [-0.2, -0.15) is 0 Å². The molecule has 2 heterocycles. The Bertz CT molecular complexity index is 331. The molecule has 1 N–H and O–H groups in total. The van der Waals surface area contributed by atoms with Gasteiger partial charge in [-0.3, -0.25) is 9.69 Å². The van der Waals surface area contributed by atoms with Crippen molar-refractivity contribution in [1.29, 1.82) is 0 Å². The van der Waals surface area contributed by atoms with Gasteiger partial charge in [-0.15, -0.1) is 0 Å². The Balaban J connectivity index is 1.99. The molecule has 3 atom stereocenters. The number of carboxylic acids is 1. The van der Waals surface area contributed by atoms with Gasteiger partial charge in [0.25, 0.3) is 0 Å². The Hall–Kier alpha value is -0.610. The number of aliphatic carboxylic acids is 1. The number of piperidine rings is 1. The fourth-order valence-electron chi connectivity index (χ4n) is 3.37. The van der Waals surface area contributed by atoms with Crippen LogP contribution in [0.2, 0.25) is 0 Å². The minimum atomic E-state index is -0.648. The van der Waals surface area contributed by atoms with Crippen molar-refractivity contribution < 1.29 is 14.6 Å². The lowest BCUT2D eigenvalue weighted by molar-refractivity contribution is -0.152. The van der Waals surface area contributed by atoms with Crippen LogP contribution in [-0.2, 0) is 9.53 Å². The zero-order valence-corrected chi connectivity index (χ0v) is 12.4. The molecule has 4 nitrogen and oxygen atoms in total. The van der Waals surface area contributed by atoms with Gasteiger partial charge >= 0.3 is 5.97 Å². The van der Waals surface area contributed by atoms with Crippen LogP contribution in [-0.4, -0.2) is 47.8 Å². The van der Waals surface area contributed by atoms with Gasteiger partial charge in [0, 0.05) is 19.2 Å². The fourth-order valence-corrected chi connectivity index (χ4v) is 3.37. The molecule has 3 unspecified atom stereocenters. The molecule has 4 heteroatoms. The number of hydrogen-bond donors (Lipinski definition) is 1. The maximum absolute atomic E-state index is 11.4. The number of carbonyl (C=O) groups is 1. The normalized spacial score (nSPS) is 37.5. The summed E-state index contributed by atoms with van der Waals surface area (Å²) in [7, 11) is 0. The average Bonchev–Trinajstić information content (AvgIpc) is 2.39. The van der Waals surface area contributed by atoms with E-state index in [2.05, 4.69) is 18.7 Å². The first-order chi connectivity index (χ1) is 8.92. The summed E-state index contributed by atoms with van der Waals surface area (Å²) in [5.74, 6) is -0.108. The quantitative estimate of drug-likeness (QED) is 0.854. The predicted octanol–water partition coefficient (Wildman–Crippen LogP) is 2.38. The molecule has 2 aliphatic rings. The standard InChI is InChI=1S/C15H27NO3/c1-11(2)13-9-12(5-8-19-13)16-7-4-6-15(3,10-16)14(17)18/h11-13H,4-10H2,1-3H3,(H,17,18). The van der Waals surface area contributed by atoms with Crippen molar-refractivity contribution in [2.75, 3.05) is 19.7 Å². The first-order valence-electron chi connectivity index (χ1n) is 7.51. The second-order valence-electron chi connectivity index (χ2n) is 6.77. The SMILES string of the molecule is CC(C)C1CC(N2CCCC(C)(C(=O)O)C2)CCO1. The van der Waals surface area contributed by atoms with E-state index in [1.165, 1.54) is 0 Å². The van der Waals surface area contributed by atoms with Crippen molar-refractivity contribution in [3.8, 4) is 0 Å². The van der Waals surface area contributed by atoms with Crippen molar-refractivity contribution in [2.24, 2.45) is 11.3 Å². The summed E-state index contributed by atoms with van der Waals surface area (Å²) in [5, 5.41) is 9.40. The van der Waals surface area contributed by atoms with E-state index in [1.54, 1.807) is 0 Å². The molecule has 0 amide bonds. The van der Waals surface area contributed by atoms with Crippen molar-refractivity contribution in [3.63, 3.8) is 0 Å². The third-order valence-electron chi connectivity index (χ3n) is 4.79. The van der Waals surface area contributed by atoms with E-state index in [-0.39, 0.29) is 0 Å². The topological polar surface area (TPSA) is 49.8 Å². The molecule has 0 saturated carbocycles. The van der Waals surface area contributed by atoms with Crippen LogP contribution in [0.25, 0.3) is 0 Å². The fraction of sp³-hybridized carbons (Fsp3) is 0.933. The molecule has 0 aromatic heterocycles. The van der Waals surface area contributed by atoms with E-state index in [4.69, 9.17) is 4.74 Å². The Morgan fingerprint density at radius 1 is 1.47 bits per heavy atom. The van der Waals surface area contributed by atoms with Gasteiger partial charge in [-0.05, 0) is 45.1 Å². The molecule has 0 bridgehead atoms. The number of hydrogen-bond acceptors (Lipinski definition) is 3. The molecule has 19 heavy (non-hydrogen) atoms. The van der Waals surface area contributed by atoms with Gasteiger partial charge in [0.2, 0.25) is 0 Å². The largest absolute Gasteiger partial charge is 0.481 e. The number of rotatable bonds is 3. The van der Waals surface area contributed by atoms with E-state index >= 15 is 0 Å². The molecule has 0 aliphatic carbocycles. The van der Waals surface area contributed by atoms with Gasteiger partial charge in [0.1, 0.15) is 0 Å². The summed E-state index contributed by atoms with van der Waals surface area (Å²) in [5.41, 5.74) is -0.566. The Morgan fingerprint density at radius 2 is 2.21 bits per heavy atom. The van der Waals surface area contributed by atoms with Crippen LogP contribution in [0, 0.1) is 11.3 Å². The molecular weight excluding hydrogens is 242 g/mol. The first kappa shape index (κ1) is 14.8. The summed E-state index contributed by atoms with van der Waals surface area (Å²) < 4.78 is 5.82. The molecule has 110 valence electrons. The summed E-state index contributed by atoms with van der Waals surface area (Å²) in [4.78, 5) is 13.8. The van der Waals surface area contributed by atoms with Gasteiger partial charge in [-0.25, -0.2) is 0 Å². The minimum Gasteiger partial charge on any atom is -0.481 e. The molecule has 2 saturated heterocycles. The highest BCUT2D eigenvalue weighted by atomic mass is 16.5. The van der Waals surface area contributed by atoms with Gasteiger partial charge in [-0.1, -0.05) is 13.8 Å². The molecule has 0 aromatic carbocycles. The highest BCUT2D eigenvalue weighted by molar-refractivity contribution is 5.74. The van der Waals surface area contributed by atoms with Crippen molar-refractivity contribution in [1.82, 2.24) is 4.90 Å². The molecule has 2 rings (SSSR count). The summed E-state index contributed by atoms with van der Waals surface area (Å²) in [6.07, 6.45) is 4.21. The molecule has 0 radical (unpaired) electrons. The zero-order chi connectivity index (χ0) is 14.0. The third-order valence-corrected chi connectivity index (χ3v) is 4.79. The number of nitrogens with zero attached hydrogens (tertiary/aromatic N) is 1. The van der Waals surface area contributed by atoms with Crippen LogP contribution < -0.4 is 0 Å². The lowest BCUT2D eigenvalue weighted by Gasteiger charge is -2.44. The number of ether oxygens (including phenoxy) is 1. The van der Waals surface area contributed by atoms with Gasteiger partial charge in [0.05, 0.1) is 11.5 Å². The molecule has 2 aliphatic heterocycles. The molecular formula is C15H27NO3. The smallest absolute Gasteiger partial charge is 0.310 e. The predicted molar refractivity (Wildman–Crippen MR) is 74.1 cm³/mol. The van der Waals surface area contributed by atoms with E-state index in [9.17, 15) is 9.90 Å². The summed E-state index contributed by atoms with van der Waals surface area (Å²) >= 11 is 0. The Kier molecular flexibility index (Phi) is 4.51. The van der Waals surface area contributed by atoms with E-state index in [1.807, 2.05) is 6.92 Å². The van der Waals surface area contributed by atoms with Crippen LogP contribution in [0.4, 0.5) is 0 Å². The second-order valence-corrected chi connectivity index (χ2v) is 6.77. The Morgan fingerprint density at radius 3 is 2.84 bits per heavy atom. The summed E-state index contributed by atoms with van der Waals surface area (Å²) in [6, 6.07) is 0.500. The lowest BCUT2D eigenvalue weighted by Crippen LogP contribution is -2.52. The second kappa shape index (κ2) is 5.80. The highest BCUT2D eigenvalue weighted by Gasteiger charge is 2.40. The van der Waals surface area contributed by atoms with E-state index < -0.39 is 11.4 Å². The van der Waals surface area contributed by atoms with Gasteiger partial charge in [0.15, 0.2) is 0 Å². The lowest BCUT2D eigenvalue weighted by atomic mass is 9.80. The molecule has 0 spiro atoms. The van der Waals surface area contributed by atoms with Crippen LogP contribution in [0.5, 0.6) is 0 Å². The maximum Gasteiger partial charge on any atom is 0.310 e. The molecule has 0 aromatic rings. The monoisotopic (exact) mass is 269 g/mol. The number of carboxylic acid groups (broad SMARTS) is 1. The van der Waals surface area contributed by atoms with Crippen molar-refractivity contribution >= 4 is 5.97 Å². The zero-order valence-electron chi connectivity index (χ0n) is 12.4. The number of likely N-dealkylation sites (tertiary alicyclic amines) is 1. The van der Waals surface area contributed by atoms with E-state index in [0.29, 0.717) is 24.6 Å². The summed E-state index contributed by atoms with van der Waals surface area (Å²) in [6.45, 7) is 8.83. The maximum atomic E-state index is 11.4. The van der Waals surface area contributed by atoms with Crippen LogP contribution >= 0.6 is 0 Å². The van der Waals surface area contributed by atoms with Gasteiger partial charge < -0.3 is 9.84 Å². The average molecular weight is 269 g/mol.